The Balaban J connectivity index is 1.83. The summed E-state index contributed by atoms with van der Waals surface area (Å²) in [4.78, 5) is 11.6. The Hall–Kier alpha value is -2.30. The summed E-state index contributed by atoms with van der Waals surface area (Å²) in [5, 5.41) is 9.38. The Morgan fingerprint density at radius 3 is 2.68 bits per heavy atom. The maximum absolute atomic E-state index is 11.6. The number of carbonyl (C=O) groups excluding carboxylic acids is 1. The lowest BCUT2D eigenvalue weighted by Crippen LogP contribution is -2.27. The first-order chi connectivity index (χ1) is 9.15. The van der Waals surface area contributed by atoms with Gasteiger partial charge in [0.15, 0.2) is 5.76 Å². The van der Waals surface area contributed by atoms with Crippen LogP contribution >= 0.6 is 0 Å². The van der Waals surface area contributed by atoms with Crippen LogP contribution < -0.4 is 10.6 Å². The molecule has 0 bridgehead atoms. The molecular formula is C14H17N3O2. The largest absolute Gasteiger partial charge is 0.359 e. The molecule has 1 aromatic heterocycles. The number of hydrogen-bond acceptors (Lipinski definition) is 3. The molecule has 2 amide bonds. The lowest BCUT2D eigenvalue weighted by Gasteiger charge is -2.05. The van der Waals surface area contributed by atoms with E-state index in [1.165, 1.54) is 0 Å². The highest BCUT2D eigenvalue weighted by Gasteiger charge is 2.08. The van der Waals surface area contributed by atoms with Crippen molar-refractivity contribution in [3.8, 4) is 0 Å². The van der Waals surface area contributed by atoms with Crippen molar-refractivity contribution >= 4 is 11.7 Å². The lowest BCUT2D eigenvalue weighted by molar-refractivity contribution is 0.250. The molecule has 1 heterocycles. The van der Waals surface area contributed by atoms with Gasteiger partial charge in [-0.1, -0.05) is 37.2 Å². The molecule has 0 spiro atoms. The van der Waals surface area contributed by atoms with Gasteiger partial charge in [-0.05, 0) is 18.1 Å². The van der Waals surface area contributed by atoms with Crippen LogP contribution in [0.4, 0.5) is 10.5 Å². The maximum atomic E-state index is 11.6. The molecule has 0 unspecified atom stereocenters. The van der Waals surface area contributed by atoms with Crippen LogP contribution in [0.3, 0.4) is 0 Å². The number of aromatic nitrogens is 1. The van der Waals surface area contributed by atoms with Crippen molar-refractivity contribution < 1.29 is 9.32 Å². The highest BCUT2D eigenvalue weighted by atomic mass is 16.5. The first-order valence-corrected chi connectivity index (χ1v) is 6.20. The van der Waals surface area contributed by atoms with Crippen molar-refractivity contribution in [3.05, 3.63) is 47.9 Å². The molecule has 2 aromatic rings. The average molecular weight is 259 g/mol. The number of nitrogens with zero attached hydrogens (tertiary/aromatic N) is 1. The average Bonchev–Trinajstić information content (AvgIpc) is 2.86. The zero-order valence-corrected chi connectivity index (χ0v) is 11.0. The van der Waals surface area contributed by atoms with E-state index in [9.17, 15) is 4.79 Å². The van der Waals surface area contributed by atoms with Gasteiger partial charge in [0.1, 0.15) is 0 Å². The van der Waals surface area contributed by atoms with Crippen LogP contribution in [0.2, 0.25) is 0 Å². The van der Waals surface area contributed by atoms with E-state index in [1.54, 1.807) is 0 Å². The van der Waals surface area contributed by atoms with E-state index in [2.05, 4.69) is 15.8 Å². The predicted octanol–water partition coefficient (Wildman–Crippen LogP) is 3.12. The maximum Gasteiger partial charge on any atom is 0.319 e. The van der Waals surface area contributed by atoms with Crippen LogP contribution in [0.5, 0.6) is 0 Å². The number of amides is 2. The second-order valence-electron chi connectivity index (χ2n) is 4.55. The van der Waals surface area contributed by atoms with E-state index in [0.29, 0.717) is 18.2 Å². The Kier molecular flexibility index (Phi) is 4.18. The summed E-state index contributed by atoms with van der Waals surface area (Å²) in [7, 11) is 0. The molecule has 1 aromatic carbocycles. The fourth-order valence-corrected chi connectivity index (χ4v) is 1.55. The van der Waals surface area contributed by atoms with Crippen LogP contribution in [0.1, 0.15) is 31.2 Å². The van der Waals surface area contributed by atoms with Crippen LogP contribution in [0, 0.1) is 0 Å². The predicted molar refractivity (Wildman–Crippen MR) is 72.9 cm³/mol. The van der Waals surface area contributed by atoms with Crippen LogP contribution in [0.25, 0.3) is 0 Å². The molecular weight excluding hydrogens is 242 g/mol. The number of hydrogen-bond donors (Lipinski definition) is 2. The molecule has 5 nitrogen and oxygen atoms in total. The summed E-state index contributed by atoms with van der Waals surface area (Å²) in [6.07, 6.45) is 0. The van der Waals surface area contributed by atoms with Crippen molar-refractivity contribution in [1.29, 1.82) is 0 Å². The monoisotopic (exact) mass is 259 g/mol. The number of rotatable bonds is 4. The summed E-state index contributed by atoms with van der Waals surface area (Å²) in [5.74, 6) is 0.961. The molecule has 5 heteroatoms. The van der Waals surface area contributed by atoms with Crippen molar-refractivity contribution in [2.24, 2.45) is 0 Å². The standard InChI is InChI=1S/C14H17N3O2/c1-10(2)13-8-12(19-17-13)9-15-14(18)16-11-6-4-3-5-7-11/h3-8,10H,9H2,1-2H3,(H2,15,16,18). The SMILES string of the molecule is CC(C)c1cc(CNC(=O)Nc2ccccc2)on1. The van der Waals surface area contributed by atoms with Crippen LogP contribution in [-0.4, -0.2) is 11.2 Å². The quantitative estimate of drug-likeness (QED) is 0.886. The van der Waals surface area contributed by atoms with Crippen LogP contribution in [0.15, 0.2) is 40.9 Å². The minimum absolute atomic E-state index is 0.270. The molecule has 2 N–H and O–H groups in total. The number of anilines is 1. The van der Waals surface area contributed by atoms with Gasteiger partial charge < -0.3 is 15.2 Å². The van der Waals surface area contributed by atoms with Crippen molar-refractivity contribution in [2.75, 3.05) is 5.32 Å². The summed E-state index contributed by atoms with van der Waals surface area (Å²) < 4.78 is 5.13. The second-order valence-corrected chi connectivity index (χ2v) is 4.55. The van der Waals surface area contributed by atoms with Gasteiger partial charge in [0, 0.05) is 11.8 Å². The molecule has 0 atom stereocenters. The minimum Gasteiger partial charge on any atom is -0.359 e. The molecule has 0 saturated heterocycles. The minimum atomic E-state index is -0.270. The summed E-state index contributed by atoms with van der Waals surface area (Å²) in [5.41, 5.74) is 1.64. The molecule has 0 saturated carbocycles. The fourth-order valence-electron chi connectivity index (χ4n) is 1.55. The second kappa shape index (κ2) is 6.04. The molecule has 0 aliphatic carbocycles. The van der Waals surface area contributed by atoms with Crippen molar-refractivity contribution in [2.45, 2.75) is 26.3 Å². The Morgan fingerprint density at radius 2 is 2.05 bits per heavy atom. The third kappa shape index (κ3) is 3.84. The van der Waals surface area contributed by atoms with Gasteiger partial charge in [-0.3, -0.25) is 0 Å². The number of carbonyl (C=O) groups is 1. The van der Waals surface area contributed by atoms with Gasteiger partial charge in [0.25, 0.3) is 0 Å². The van der Waals surface area contributed by atoms with Crippen molar-refractivity contribution in [1.82, 2.24) is 10.5 Å². The zero-order chi connectivity index (χ0) is 13.7. The Bertz CT molecular complexity index is 535. The molecule has 2 rings (SSSR count). The Morgan fingerprint density at radius 1 is 1.32 bits per heavy atom. The number of benzene rings is 1. The fraction of sp³-hybridized carbons (Fsp3) is 0.286. The van der Waals surface area contributed by atoms with Gasteiger partial charge >= 0.3 is 6.03 Å². The topological polar surface area (TPSA) is 67.2 Å². The van der Waals surface area contributed by atoms with Crippen LogP contribution in [-0.2, 0) is 6.54 Å². The van der Waals surface area contributed by atoms with Gasteiger partial charge in [0.2, 0.25) is 0 Å². The number of para-hydroxylation sites is 1. The summed E-state index contributed by atoms with van der Waals surface area (Å²) in [6, 6.07) is 10.9. The normalized spacial score (nSPS) is 10.5. The van der Waals surface area contributed by atoms with Crippen molar-refractivity contribution in [3.63, 3.8) is 0 Å². The number of nitrogens with one attached hydrogen (secondary N) is 2. The third-order valence-electron chi connectivity index (χ3n) is 2.62. The molecule has 0 aliphatic heterocycles. The first kappa shape index (κ1) is 13.1. The van der Waals surface area contributed by atoms with Gasteiger partial charge in [-0.25, -0.2) is 4.79 Å². The summed E-state index contributed by atoms with van der Waals surface area (Å²) in [6.45, 7) is 4.40. The van der Waals surface area contributed by atoms with E-state index in [1.807, 2.05) is 50.2 Å². The molecule has 0 fully saturated rings. The molecule has 100 valence electrons. The summed E-state index contributed by atoms with van der Waals surface area (Å²) >= 11 is 0. The lowest BCUT2D eigenvalue weighted by atomic mass is 10.1. The van der Waals surface area contributed by atoms with E-state index >= 15 is 0 Å². The first-order valence-electron chi connectivity index (χ1n) is 6.20. The van der Waals surface area contributed by atoms with Gasteiger partial charge in [0.05, 0.1) is 12.2 Å². The van der Waals surface area contributed by atoms with Gasteiger partial charge in [-0.2, -0.15) is 0 Å². The van der Waals surface area contributed by atoms with Gasteiger partial charge in [-0.15, -0.1) is 0 Å². The molecule has 0 aliphatic rings. The zero-order valence-electron chi connectivity index (χ0n) is 11.0. The highest BCUT2D eigenvalue weighted by molar-refractivity contribution is 5.89. The third-order valence-corrected chi connectivity index (χ3v) is 2.62. The number of urea groups is 1. The van der Waals surface area contributed by atoms with E-state index in [-0.39, 0.29) is 6.03 Å². The van der Waals surface area contributed by atoms with E-state index in [4.69, 9.17) is 4.52 Å². The highest BCUT2D eigenvalue weighted by Crippen LogP contribution is 2.13. The molecule has 19 heavy (non-hydrogen) atoms. The van der Waals surface area contributed by atoms with E-state index < -0.39 is 0 Å². The van der Waals surface area contributed by atoms with E-state index in [0.717, 1.165) is 11.4 Å². The molecule has 0 radical (unpaired) electrons. The smallest absolute Gasteiger partial charge is 0.319 e. The Labute approximate surface area is 112 Å².